The summed E-state index contributed by atoms with van der Waals surface area (Å²) in [4.78, 5) is 23.0. The van der Waals surface area contributed by atoms with Crippen LogP contribution in [0.15, 0.2) is 41.3 Å². The maximum Gasteiger partial charge on any atom is 0.239 e. The Bertz CT molecular complexity index is 925. The molecular formula is C22H27N3OS2. The number of fused-ring (bicyclic) bond motifs is 1. The van der Waals surface area contributed by atoms with Gasteiger partial charge in [-0.05, 0) is 58.1 Å². The fourth-order valence-electron chi connectivity index (χ4n) is 2.85. The highest BCUT2D eigenvalue weighted by molar-refractivity contribution is 8.00. The third kappa shape index (κ3) is 4.93. The van der Waals surface area contributed by atoms with Gasteiger partial charge in [-0.1, -0.05) is 41.2 Å². The van der Waals surface area contributed by atoms with Gasteiger partial charge in [-0.2, -0.15) is 0 Å². The van der Waals surface area contributed by atoms with Crippen LogP contribution in [-0.4, -0.2) is 48.7 Å². The Balaban J connectivity index is 1.83. The van der Waals surface area contributed by atoms with Crippen molar-refractivity contribution in [1.29, 1.82) is 0 Å². The van der Waals surface area contributed by atoms with Crippen LogP contribution >= 0.6 is 23.1 Å². The summed E-state index contributed by atoms with van der Waals surface area (Å²) >= 11 is 3.20. The van der Waals surface area contributed by atoms with Gasteiger partial charge in [0.1, 0.15) is 0 Å². The van der Waals surface area contributed by atoms with E-state index in [0.717, 1.165) is 27.7 Å². The van der Waals surface area contributed by atoms with Crippen molar-refractivity contribution >= 4 is 44.4 Å². The highest BCUT2D eigenvalue weighted by Gasteiger charge is 2.21. The third-order valence-corrected chi connectivity index (χ3v) is 6.83. The Labute approximate surface area is 175 Å². The zero-order chi connectivity index (χ0) is 20.3. The van der Waals surface area contributed by atoms with Gasteiger partial charge in [0.15, 0.2) is 5.13 Å². The second-order valence-corrected chi connectivity index (χ2v) is 9.35. The fourth-order valence-corrected chi connectivity index (χ4v) is 4.78. The van der Waals surface area contributed by atoms with E-state index in [-0.39, 0.29) is 5.91 Å². The molecule has 1 aromatic heterocycles. The number of hydrogen-bond donors (Lipinski definition) is 0. The molecule has 0 radical (unpaired) electrons. The SMILES string of the molecule is Cc1ccc(SCC(=O)N(CCN(C)C)c2nc3c(C)ccc(C)c3s2)cc1. The summed E-state index contributed by atoms with van der Waals surface area (Å²) in [5.41, 5.74) is 4.59. The molecule has 148 valence electrons. The highest BCUT2D eigenvalue weighted by Crippen LogP contribution is 2.33. The summed E-state index contributed by atoms with van der Waals surface area (Å²) in [5.74, 6) is 0.506. The van der Waals surface area contributed by atoms with Crippen molar-refractivity contribution in [2.75, 3.05) is 37.8 Å². The molecule has 1 heterocycles. The maximum atomic E-state index is 13.1. The van der Waals surface area contributed by atoms with Crippen LogP contribution < -0.4 is 4.90 Å². The molecule has 0 bridgehead atoms. The van der Waals surface area contributed by atoms with Crippen LogP contribution in [0, 0.1) is 20.8 Å². The Hall–Kier alpha value is -1.89. The second-order valence-electron chi connectivity index (χ2n) is 7.32. The lowest BCUT2D eigenvalue weighted by molar-refractivity contribution is -0.116. The van der Waals surface area contributed by atoms with Crippen LogP contribution in [0.4, 0.5) is 5.13 Å². The first-order chi connectivity index (χ1) is 13.3. The molecule has 0 atom stereocenters. The number of hydrogen-bond acceptors (Lipinski definition) is 5. The fraction of sp³-hybridized carbons (Fsp3) is 0.364. The molecule has 28 heavy (non-hydrogen) atoms. The topological polar surface area (TPSA) is 36.4 Å². The zero-order valence-corrected chi connectivity index (χ0v) is 18.8. The molecule has 0 aliphatic rings. The quantitative estimate of drug-likeness (QED) is 0.516. The summed E-state index contributed by atoms with van der Waals surface area (Å²) in [6, 6.07) is 12.5. The minimum atomic E-state index is 0.0989. The first-order valence-electron chi connectivity index (χ1n) is 9.36. The average molecular weight is 414 g/mol. The number of benzene rings is 2. The molecule has 1 amide bonds. The minimum absolute atomic E-state index is 0.0989. The van der Waals surface area contributed by atoms with E-state index in [1.54, 1.807) is 23.1 Å². The first-order valence-corrected chi connectivity index (χ1v) is 11.2. The molecule has 0 saturated heterocycles. The number of carbonyl (C=O) groups excluding carboxylic acids is 1. The van der Waals surface area contributed by atoms with Crippen LogP contribution in [0.5, 0.6) is 0 Å². The van der Waals surface area contributed by atoms with Gasteiger partial charge >= 0.3 is 0 Å². The summed E-state index contributed by atoms with van der Waals surface area (Å²) in [6.45, 7) is 7.68. The van der Waals surface area contributed by atoms with Crippen molar-refractivity contribution in [2.45, 2.75) is 25.7 Å². The minimum Gasteiger partial charge on any atom is -0.308 e. The van der Waals surface area contributed by atoms with E-state index in [2.05, 4.69) is 62.1 Å². The molecule has 0 fully saturated rings. The van der Waals surface area contributed by atoms with Crippen molar-refractivity contribution in [3.8, 4) is 0 Å². The molecule has 3 aromatic rings. The number of nitrogens with zero attached hydrogens (tertiary/aromatic N) is 3. The van der Waals surface area contributed by atoms with Gasteiger partial charge in [0, 0.05) is 18.0 Å². The van der Waals surface area contributed by atoms with E-state index in [4.69, 9.17) is 4.98 Å². The van der Waals surface area contributed by atoms with Crippen LogP contribution in [0.25, 0.3) is 10.2 Å². The number of aryl methyl sites for hydroxylation is 3. The molecular weight excluding hydrogens is 386 g/mol. The molecule has 4 nitrogen and oxygen atoms in total. The van der Waals surface area contributed by atoms with Gasteiger partial charge < -0.3 is 4.90 Å². The van der Waals surface area contributed by atoms with Crippen LogP contribution in [0.3, 0.4) is 0 Å². The Kier molecular flexibility index (Phi) is 6.75. The smallest absolute Gasteiger partial charge is 0.239 e. The number of rotatable bonds is 7. The van der Waals surface area contributed by atoms with Gasteiger partial charge in [-0.25, -0.2) is 4.98 Å². The van der Waals surface area contributed by atoms with E-state index in [1.807, 2.05) is 19.0 Å². The predicted octanol–water partition coefficient (Wildman–Crippen LogP) is 4.91. The van der Waals surface area contributed by atoms with E-state index >= 15 is 0 Å². The second kappa shape index (κ2) is 9.07. The first kappa shape index (κ1) is 20.8. The lowest BCUT2D eigenvalue weighted by Crippen LogP contribution is -2.37. The van der Waals surface area contributed by atoms with Gasteiger partial charge in [0.25, 0.3) is 0 Å². The lowest BCUT2D eigenvalue weighted by atomic mass is 10.1. The molecule has 2 aromatic carbocycles. The van der Waals surface area contributed by atoms with Crippen LogP contribution in [0.1, 0.15) is 16.7 Å². The Morgan fingerprint density at radius 2 is 1.68 bits per heavy atom. The van der Waals surface area contributed by atoms with Crippen molar-refractivity contribution in [1.82, 2.24) is 9.88 Å². The van der Waals surface area contributed by atoms with Gasteiger partial charge in [0.2, 0.25) is 5.91 Å². The van der Waals surface area contributed by atoms with Gasteiger partial charge in [-0.3, -0.25) is 9.69 Å². The number of thioether (sulfide) groups is 1. The number of thiazole rings is 1. The van der Waals surface area contributed by atoms with E-state index in [0.29, 0.717) is 12.3 Å². The number of anilines is 1. The third-order valence-electron chi connectivity index (χ3n) is 4.62. The highest BCUT2D eigenvalue weighted by atomic mass is 32.2. The standard InChI is InChI=1S/C22H27N3OS2/c1-15-6-10-18(11-7-15)27-14-19(26)25(13-12-24(4)5)22-23-20-16(2)8-9-17(3)21(20)28-22/h6-11H,12-14H2,1-5H3. The van der Waals surface area contributed by atoms with Gasteiger partial charge in [0.05, 0.1) is 16.0 Å². The van der Waals surface area contributed by atoms with Gasteiger partial charge in [-0.15, -0.1) is 11.8 Å². The summed E-state index contributed by atoms with van der Waals surface area (Å²) in [5, 5.41) is 0.795. The van der Waals surface area contributed by atoms with Crippen LogP contribution in [-0.2, 0) is 4.79 Å². The molecule has 0 aliphatic heterocycles. The molecule has 0 saturated carbocycles. The predicted molar refractivity (Wildman–Crippen MR) is 122 cm³/mol. The monoisotopic (exact) mass is 413 g/mol. The maximum absolute atomic E-state index is 13.1. The molecule has 0 spiro atoms. The Morgan fingerprint density at radius 3 is 2.32 bits per heavy atom. The van der Waals surface area contributed by atoms with E-state index < -0.39 is 0 Å². The van der Waals surface area contributed by atoms with E-state index in [1.165, 1.54) is 15.8 Å². The number of amides is 1. The van der Waals surface area contributed by atoms with Crippen LogP contribution in [0.2, 0.25) is 0 Å². The summed E-state index contributed by atoms with van der Waals surface area (Å²) < 4.78 is 1.17. The summed E-state index contributed by atoms with van der Waals surface area (Å²) in [7, 11) is 4.05. The molecule has 0 aliphatic carbocycles. The average Bonchev–Trinajstić information content (AvgIpc) is 3.10. The normalized spacial score (nSPS) is 11.4. The number of aromatic nitrogens is 1. The molecule has 3 rings (SSSR count). The van der Waals surface area contributed by atoms with Crippen molar-refractivity contribution in [3.63, 3.8) is 0 Å². The van der Waals surface area contributed by atoms with Crippen molar-refractivity contribution < 1.29 is 4.79 Å². The summed E-state index contributed by atoms with van der Waals surface area (Å²) in [6.07, 6.45) is 0. The number of carbonyl (C=O) groups is 1. The van der Waals surface area contributed by atoms with E-state index in [9.17, 15) is 4.79 Å². The zero-order valence-electron chi connectivity index (χ0n) is 17.2. The molecule has 0 N–H and O–H groups in total. The lowest BCUT2D eigenvalue weighted by Gasteiger charge is -2.21. The molecule has 6 heteroatoms. The molecule has 0 unspecified atom stereocenters. The largest absolute Gasteiger partial charge is 0.308 e. The Morgan fingerprint density at radius 1 is 1.00 bits per heavy atom. The number of likely N-dealkylation sites (N-methyl/N-ethyl adjacent to an activating group) is 1. The van der Waals surface area contributed by atoms with Crippen molar-refractivity contribution in [3.05, 3.63) is 53.1 Å². The van der Waals surface area contributed by atoms with Crippen molar-refractivity contribution in [2.24, 2.45) is 0 Å².